The number of likely N-dealkylation sites (tertiary alicyclic amines) is 1. The van der Waals surface area contributed by atoms with Gasteiger partial charge in [-0.25, -0.2) is 4.79 Å². The lowest BCUT2D eigenvalue weighted by atomic mass is 10.2. The average Bonchev–Trinajstić information content (AvgIpc) is 2.83. The van der Waals surface area contributed by atoms with Gasteiger partial charge in [-0.3, -0.25) is 9.89 Å². The first-order valence-corrected chi connectivity index (χ1v) is 4.88. The second-order valence-corrected chi connectivity index (χ2v) is 3.74. The number of carbonyl (C=O) groups excluding carboxylic acids is 1. The van der Waals surface area contributed by atoms with Crippen LogP contribution in [0.4, 0.5) is 5.95 Å². The Bertz CT molecular complexity index is 459. The number of nitrogens with two attached hydrogens (primary N) is 1. The third kappa shape index (κ3) is 2.04. The molecule has 0 aliphatic carbocycles. The molecule has 9 heteroatoms. The highest BCUT2D eigenvalue weighted by molar-refractivity contribution is 5.94. The lowest BCUT2D eigenvalue weighted by Crippen LogP contribution is -2.41. The van der Waals surface area contributed by atoms with E-state index in [1.54, 1.807) is 0 Å². The second kappa shape index (κ2) is 4.01. The van der Waals surface area contributed by atoms with Gasteiger partial charge in [-0.05, 0) is 0 Å². The van der Waals surface area contributed by atoms with E-state index >= 15 is 0 Å². The molecule has 0 aromatic carbocycles. The molecule has 2 heterocycles. The maximum Gasteiger partial charge on any atom is 0.326 e. The predicted molar refractivity (Wildman–Crippen MR) is 53.9 cm³/mol. The summed E-state index contributed by atoms with van der Waals surface area (Å²) in [5.74, 6) is -2.04. The number of aromatic amines is 1. The van der Waals surface area contributed by atoms with E-state index in [1.165, 1.54) is 0 Å². The second-order valence-electron chi connectivity index (χ2n) is 3.74. The van der Waals surface area contributed by atoms with E-state index in [0.717, 1.165) is 4.90 Å². The number of aliphatic carboxylic acids is 1. The maximum atomic E-state index is 11.9. The number of hydrogen-bond acceptors (Lipinski definition) is 6. The summed E-state index contributed by atoms with van der Waals surface area (Å²) in [5.41, 5.74) is 5.25. The number of aromatic nitrogens is 3. The number of nitrogen functional groups attached to an aromatic ring is 1. The zero-order valence-corrected chi connectivity index (χ0v) is 8.70. The molecule has 1 aliphatic heterocycles. The number of β-amino-alcohol motifs (C(OH)–C–C–N with tert-alkyl or cyclic N) is 1. The van der Waals surface area contributed by atoms with E-state index in [-0.39, 0.29) is 24.7 Å². The van der Waals surface area contributed by atoms with Gasteiger partial charge in [0, 0.05) is 13.0 Å². The molecule has 0 saturated carbocycles. The number of nitrogens with one attached hydrogen (secondary N) is 1. The van der Waals surface area contributed by atoms with Gasteiger partial charge < -0.3 is 20.8 Å². The summed E-state index contributed by atoms with van der Waals surface area (Å²) in [4.78, 5) is 27.5. The Kier molecular flexibility index (Phi) is 2.68. The van der Waals surface area contributed by atoms with E-state index in [2.05, 4.69) is 15.2 Å². The molecule has 1 aliphatic rings. The van der Waals surface area contributed by atoms with Crippen molar-refractivity contribution in [3.8, 4) is 0 Å². The number of aliphatic hydroxyl groups is 1. The number of aliphatic hydroxyl groups excluding tert-OH is 1. The summed E-state index contributed by atoms with van der Waals surface area (Å²) in [6.45, 7) is -0.0452. The van der Waals surface area contributed by atoms with Gasteiger partial charge in [-0.2, -0.15) is 4.98 Å². The van der Waals surface area contributed by atoms with E-state index in [1.807, 2.05) is 0 Å². The van der Waals surface area contributed by atoms with Gasteiger partial charge in [-0.1, -0.05) is 0 Å². The molecule has 92 valence electrons. The minimum absolute atomic E-state index is 0.00466. The maximum absolute atomic E-state index is 11.9. The molecule has 5 N–H and O–H groups in total. The van der Waals surface area contributed by atoms with Gasteiger partial charge in [0.2, 0.25) is 11.8 Å². The number of anilines is 1. The molecule has 1 aromatic heterocycles. The number of rotatable bonds is 2. The number of carbonyl (C=O) groups is 2. The first kappa shape index (κ1) is 11.3. The smallest absolute Gasteiger partial charge is 0.326 e. The Morgan fingerprint density at radius 3 is 2.76 bits per heavy atom. The van der Waals surface area contributed by atoms with Crippen LogP contribution in [0.5, 0.6) is 0 Å². The Morgan fingerprint density at radius 1 is 1.53 bits per heavy atom. The van der Waals surface area contributed by atoms with Crippen LogP contribution in [0.2, 0.25) is 0 Å². The fourth-order valence-electron chi connectivity index (χ4n) is 1.78. The van der Waals surface area contributed by atoms with Crippen LogP contribution in [0.15, 0.2) is 0 Å². The van der Waals surface area contributed by atoms with Gasteiger partial charge in [-0.15, -0.1) is 5.10 Å². The van der Waals surface area contributed by atoms with Crippen LogP contribution in [0, 0.1) is 0 Å². The fraction of sp³-hybridized carbons (Fsp3) is 0.500. The highest BCUT2D eigenvalue weighted by atomic mass is 16.4. The third-order valence-corrected chi connectivity index (χ3v) is 2.53. The van der Waals surface area contributed by atoms with Crippen LogP contribution in [0.3, 0.4) is 0 Å². The fourth-order valence-corrected chi connectivity index (χ4v) is 1.78. The Labute approximate surface area is 95.2 Å². The summed E-state index contributed by atoms with van der Waals surface area (Å²) in [5, 5.41) is 24.1. The lowest BCUT2D eigenvalue weighted by molar-refractivity contribution is -0.141. The summed E-state index contributed by atoms with van der Waals surface area (Å²) < 4.78 is 0. The molecular formula is C8H11N5O4. The third-order valence-electron chi connectivity index (χ3n) is 2.53. The van der Waals surface area contributed by atoms with Crippen molar-refractivity contribution in [3.63, 3.8) is 0 Å². The van der Waals surface area contributed by atoms with Crippen molar-refractivity contribution in [2.24, 2.45) is 0 Å². The monoisotopic (exact) mass is 241 g/mol. The molecule has 0 bridgehead atoms. The van der Waals surface area contributed by atoms with Crippen molar-refractivity contribution in [3.05, 3.63) is 5.82 Å². The standard InChI is InChI=1S/C8H11N5O4/c9-8-10-5(11-12-8)6(15)13-2-3(14)1-4(13)7(16)17/h3-4,14H,1-2H2,(H,16,17)(H3,9,10,11,12)/t3?,4-/m0/s1. The van der Waals surface area contributed by atoms with E-state index in [4.69, 9.17) is 10.8 Å². The van der Waals surface area contributed by atoms with Crippen LogP contribution in [-0.4, -0.2) is 60.9 Å². The van der Waals surface area contributed by atoms with Crippen LogP contribution in [0.25, 0.3) is 0 Å². The van der Waals surface area contributed by atoms with Gasteiger partial charge in [0.25, 0.3) is 5.91 Å². The molecule has 1 unspecified atom stereocenters. The molecule has 1 amide bonds. The molecule has 17 heavy (non-hydrogen) atoms. The molecule has 1 aromatic rings. The molecule has 0 radical (unpaired) electrons. The van der Waals surface area contributed by atoms with Crippen molar-refractivity contribution in [1.29, 1.82) is 0 Å². The Hall–Kier alpha value is -2.16. The van der Waals surface area contributed by atoms with Gasteiger partial charge in [0.05, 0.1) is 6.10 Å². The zero-order chi connectivity index (χ0) is 12.6. The quantitative estimate of drug-likeness (QED) is 0.470. The summed E-state index contributed by atoms with van der Waals surface area (Å²) in [6.07, 6.45) is -0.842. The Balaban J connectivity index is 2.21. The number of hydrogen-bond donors (Lipinski definition) is 4. The van der Waals surface area contributed by atoms with Crippen molar-refractivity contribution in [2.75, 3.05) is 12.3 Å². The summed E-state index contributed by atoms with van der Waals surface area (Å²) in [7, 11) is 0. The number of amides is 1. The number of H-pyrrole nitrogens is 1. The molecule has 1 saturated heterocycles. The van der Waals surface area contributed by atoms with Gasteiger partial charge in [0.1, 0.15) is 6.04 Å². The van der Waals surface area contributed by atoms with Crippen molar-refractivity contribution >= 4 is 17.8 Å². The van der Waals surface area contributed by atoms with Crippen molar-refractivity contribution in [1.82, 2.24) is 20.1 Å². The predicted octanol–water partition coefficient (Wildman–Crippen LogP) is -1.95. The van der Waals surface area contributed by atoms with Crippen LogP contribution in [-0.2, 0) is 4.79 Å². The normalized spacial score (nSPS) is 23.9. The molecule has 2 atom stereocenters. The molecule has 2 rings (SSSR count). The number of carboxylic acid groups (broad SMARTS) is 1. The molecule has 1 fully saturated rings. The largest absolute Gasteiger partial charge is 0.480 e. The van der Waals surface area contributed by atoms with Gasteiger partial charge in [0.15, 0.2) is 0 Å². The van der Waals surface area contributed by atoms with Crippen LogP contribution >= 0.6 is 0 Å². The summed E-state index contributed by atoms with van der Waals surface area (Å²) in [6, 6.07) is -1.05. The molecule has 0 spiro atoms. The minimum atomic E-state index is -1.16. The van der Waals surface area contributed by atoms with Crippen LogP contribution in [0.1, 0.15) is 17.0 Å². The minimum Gasteiger partial charge on any atom is -0.480 e. The van der Waals surface area contributed by atoms with E-state index in [9.17, 15) is 14.7 Å². The van der Waals surface area contributed by atoms with Crippen LogP contribution < -0.4 is 5.73 Å². The molecular weight excluding hydrogens is 230 g/mol. The first-order chi connectivity index (χ1) is 7.99. The SMILES string of the molecule is Nc1n[nH]c(C(=O)N2CC(O)C[C@H]2C(=O)O)n1. The zero-order valence-electron chi connectivity index (χ0n) is 8.70. The lowest BCUT2D eigenvalue weighted by Gasteiger charge is -2.19. The van der Waals surface area contributed by atoms with Crippen molar-refractivity contribution < 1.29 is 19.8 Å². The molecule has 9 nitrogen and oxygen atoms in total. The Morgan fingerprint density at radius 2 is 2.24 bits per heavy atom. The number of nitrogens with zero attached hydrogens (tertiary/aromatic N) is 3. The topological polar surface area (TPSA) is 145 Å². The van der Waals surface area contributed by atoms with Gasteiger partial charge >= 0.3 is 5.97 Å². The van der Waals surface area contributed by atoms with Crippen molar-refractivity contribution in [2.45, 2.75) is 18.6 Å². The van der Waals surface area contributed by atoms with E-state index < -0.39 is 24.0 Å². The number of carboxylic acids is 1. The van der Waals surface area contributed by atoms with E-state index in [0.29, 0.717) is 0 Å². The first-order valence-electron chi connectivity index (χ1n) is 4.88. The average molecular weight is 241 g/mol. The highest BCUT2D eigenvalue weighted by Gasteiger charge is 2.40. The summed E-state index contributed by atoms with van der Waals surface area (Å²) >= 11 is 0. The highest BCUT2D eigenvalue weighted by Crippen LogP contribution is 2.19.